The molecule has 1 unspecified atom stereocenters. The van der Waals surface area contributed by atoms with Crippen molar-refractivity contribution in [3.63, 3.8) is 0 Å². The molecule has 4 heterocycles. The van der Waals surface area contributed by atoms with E-state index in [2.05, 4.69) is 33.8 Å². The van der Waals surface area contributed by atoms with Crippen molar-refractivity contribution < 1.29 is 14.6 Å². The van der Waals surface area contributed by atoms with Gasteiger partial charge in [0.05, 0.1) is 30.4 Å². The Morgan fingerprint density at radius 3 is 2.42 bits per heavy atom. The minimum Gasteiger partial charge on any atom is -0.494 e. The minimum atomic E-state index is -1.30. The van der Waals surface area contributed by atoms with Crippen LogP contribution in [0, 0.1) is 0 Å². The molecule has 1 atom stereocenters. The van der Waals surface area contributed by atoms with Crippen molar-refractivity contribution in [2.45, 2.75) is 33.0 Å². The lowest BCUT2D eigenvalue weighted by Gasteiger charge is -2.24. The first-order valence-corrected chi connectivity index (χ1v) is 13.4. The summed E-state index contributed by atoms with van der Waals surface area (Å²) in [6.45, 7) is 6.25. The van der Waals surface area contributed by atoms with Crippen molar-refractivity contribution in [1.82, 2.24) is 19.6 Å². The summed E-state index contributed by atoms with van der Waals surface area (Å²) >= 11 is 0. The third-order valence-corrected chi connectivity index (χ3v) is 6.54. The highest BCUT2D eigenvalue weighted by Crippen LogP contribution is 2.34. The molecule has 1 aromatic carbocycles. The summed E-state index contributed by atoms with van der Waals surface area (Å²) in [6, 6.07) is 17.3. The predicted molar refractivity (Wildman–Crippen MR) is 157 cm³/mol. The first kappa shape index (κ1) is 27.2. The second kappa shape index (κ2) is 12.2. The van der Waals surface area contributed by atoms with Crippen LogP contribution in [-0.4, -0.2) is 69.8 Å². The fourth-order valence-electron chi connectivity index (χ4n) is 4.66. The fourth-order valence-corrected chi connectivity index (χ4v) is 4.66. The number of hydrogen-bond acceptors (Lipinski definition) is 9. The number of hydrogen-bond donors (Lipinski definition) is 1. The van der Waals surface area contributed by atoms with Gasteiger partial charge in [0.25, 0.3) is 0 Å². The molecule has 1 N–H and O–H groups in total. The van der Waals surface area contributed by atoms with Crippen molar-refractivity contribution in [2.75, 3.05) is 32.2 Å². The molecule has 4 aromatic rings. The molecule has 3 aromatic heterocycles. The number of ether oxygens (including phenoxy) is 2. The number of aliphatic imine (C=N–C) groups is 1. The van der Waals surface area contributed by atoms with Crippen LogP contribution in [0.15, 0.2) is 77.1 Å². The number of aliphatic hydroxyl groups is 1. The first-order chi connectivity index (χ1) is 19.6. The van der Waals surface area contributed by atoms with E-state index in [0.717, 1.165) is 43.0 Å². The molecule has 0 aliphatic carbocycles. The highest BCUT2D eigenvalue weighted by Gasteiger charge is 2.32. The van der Waals surface area contributed by atoms with E-state index in [0.29, 0.717) is 34.4 Å². The van der Waals surface area contributed by atoms with Gasteiger partial charge < -0.3 is 19.5 Å². The Hall–Kier alpha value is -4.41. The molecule has 0 bridgehead atoms. The third-order valence-electron chi connectivity index (χ3n) is 6.54. The van der Waals surface area contributed by atoms with Crippen LogP contribution in [0.25, 0.3) is 22.8 Å². The van der Waals surface area contributed by atoms with Crippen LogP contribution >= 0.6 is 0 Å². The van der Waals surface area contributed by atoms with Gasteiger partial charge in [-0.2, -0.15) is 5.10 Å². The molecule has 0 spiro atoms. The molecule has 1 aliphatic rings. The molecule has 10 nitrogen and oxygen atoms in total. The molecule has 0 saturated carbocycles. The zero-order valence-corrected chi connectivity index (χ0v) is 23.2. The lowest BCUT2D eigenvalue weighted by molar-refractivity contribution is -0.0184. The van der Waals surface area contributed by atoms with Gasteiger partial charge >= 0.3 is 0 Å². The highest BCUT2D eigenvalue weighted by molar-refractivity contribution is 6.50. The lowest BCUT2D eigenvalue weighted by Crippen LogP contribution is -2.28. The predicted octanol–water partition coefficient (Wildman–Crippen LogP) is 4.95. The number of nitrogens with zero attached hydrogens (tertiary/aromatic N) is 7. The van der Waals surface area contributed by atoms with E-state index in [9.17, 15) is 5.11 Å². The van der Waals surface area contributed by atoms with Crippen molar-refractivity contribution in [3.8, 4) is 28.5 Å². The van der Waals surface area contributed by atoms with E-state index < -0.39 is 6.29 Å². The van der Waals surface area contributed by atoms with Gasteiger partial charge in [-0.05, 0) is 49.2 Å². The van der Waals surface area contributed by atoms with Crippen LogP contribution in [0.4, 0.5) is 11.4 Å². The number of aromatic nitrogens is 4. The van der Waals surface area contributed by atoms with Crippen LogP contribution in [0.3, 0.4) is 0 Å². The minimum absolute atomic E-state index is 0.248. The van der Waals surface area contributed by atoms with E-state index in [-0.39, 0.29) is 5.71 Å². The molecule has 5 rings (SSSR count). The zero-order chi connectivity index (χ0) is 28.1. The fraction of sp³-hybridized carbons (Fsp3) is 0.300. The molecule has 0 radical (unpaired) electrons. The summed E-state index contributed by atoms with van der Waals surface area (Å²) in [5.74, 6) is 1.08. The van der Waals surface area contributed by atoms with Gasteiger partial charge in [-0.1, -0.05) is 26.0 Å². The van der Waals surface area contributed by atoms with Gasteiger partial charge in [0.15, 0.2) is 5.82 Å². The maximum Gasteiger partial charge on any atom is 0.202 e. The Bertz CT molecular complexity index is 1530. The molecule has 0 saturated heterocycles. The number of methoxy groups -OCH3 is 2. The average molecular weight is 540 g/mol. The van der Waals surface area contributed by atoms with Gasteiger partial charge in [0, 0.05) is 38.1 Å². The maximum absolute atomic E-state index is 10.7. The quantitative estimate of drug-likeness (QED) is 0.269. The molecular formula is C30H33N7O3. The zero-order valence-electron chi connectivity index (χ0n) is 23.2. The third kappa shape index (κ3) is 5.36. The largest absolute Gasteiger partial charge is 0.494 e. The van der Waals surface area contributed by atoms with Gasteiger partial charge in [-0.25, -0.2) is 19.6 Å². The van der Waals surface area contributed by atoms with Crippen molar-refractivity contribution >= 4 is 22.8 Å². The Morgan fingerprint density at radius 2 is 1.73 bits per heavy atom. The van der Waals surface area contributed by atoms with Crippen molar-refractivity contribution in [3.05, 3.63) is 72.8 Å². The molecule has 0 fully saturated rings. The van der Waals surface area contributed by atoms with Crippen LogP contribution in [0.2, 0.25) is 0 Å². The van der Waals surface area contributed by atoms with Crippen LogP contribution in [0.1, 0.15) is 32.5 Å². The molecule has 10 heteroatoms. The normalized spacial score (nSPS) is 14.2. The molecule has 206 valence electrons. The summed E-state index contributed by atoms with van der Waals surface area (Å²) in [7, 11) is 3.04. The van der Waals surface area contributed by atoms with Crippen LogP contribution in [0.5, 0.6) is 5.75 Å². The first-order valence-electron chi connectivity index (χ1n) is 13.4. The number of aliphatic hydroxyl groups excluding tert-OH is 1. The second-order valence-corrected chi connectivity index (χ2v) is 9.28. The number of benzene rings is 1. The van der Waals surface area contributed by atoms with Gasteiger partial charge in [-0.15, -0.1) is 0 Å². The summed E-state index contributed by atoms with van der Waals surface area (Å²) in [5.41, 5.74) is 5.11. The number of fused-ring (bicyclic) bond motifs is 1. The monoisotopic (exact) mass is 539 g/mol. The topological polar surface area (TPSA) is 110 Å². The summed E-state index contributed by atoms with van der Waals surface area (Å²) in [4.78, 5) is 21.0. The molecule has 40 heavy (non-hydrogen) atoms. The average Bonchev–Trinajstić information content (AvgIpc) is 3.57. The van der Waals surface area contributed by atoms with Crippen LogP contribution < -0.4 is 9.64 Å². The van der Waals surface area contributed by atoms with Crippen LogP contribution in [-0.2, 0) is 4.74 Å². The Morgan fingerprint density at radius 1 is 0.950 bits per heavy atom. The molecule has 1 aliphatic heterocycles. The van der Waals surface area contributed by atoms with Gasteiger partial charge in [0.2, 0.25) is 6.29 Å². The van der Waals surface area contributed by atoms with E-state index in [1.54, 1.807) is 24.2 Å². The number of pyridine rings is 2. The Balaban J connectivity index is 1.56. The highest BCUT2D eigenvalue weighted by atomic mass is 16.6. The van der Waals surface area contributed by atoms with Crippen molar-refractivity contribution in [1.29, 1.82) is 0 Å². The van der Waals surface area contributed by atoms with Gasteiger partial charge in [-0.3, -0.25) is 4.98 Å². The number of anilines is 1. The smallest absolute Gasteiger partial charge is 0.202 e. The molecule has 0 amide bonds. The second-order valence-electron chi connectivity index (χ2n) is 9.28. The Kier molecular flexibility index (Phi) is 8.28. The summed E-state index contributed by atoms with van der Waals surface area (Å²) < 4.78 is 12.6. The SMILES string of the molecule is CCCN(CCC)c1ccc(/N=C2/C(C(O)OC)=Nn3c(-c4cccc(-c5ccccn5)n4)cnc32)c(OC)c1. The van der Waals surface area contributed by atoms with E-state index in [4.69, 9.17) is 19.5 Å². The lowest BCUT2D eigenvalue weighted by atomic mass is 10.2. The van der Waals surface area contributed by atoms with E-state index >= 15 is 0 Å². The van der Waals surface area contributed by atoms with E-state index in [1.165, 1.54) is 7.11 Å². The summed E-state index contributed by atoms with van der Waals surface area (Å²) in [6.07, 6.45) is 4.23. The van der Waals surface area contributed by atoms with Crippen molar-refractivity contribution in [2.24, 2.45) is 10.1 Å². The number of rotatable bonds is 11. The maximum atomic E-state index is 10.7. The standard InChI is InChI=1S/C30H33N7O3/c1-5-16-36(17-6-2)20-13-14-24(26(18-20)39-3)34-27-28(30(38)40-4)35-37-25(19-32-29(27)37)23-12-9-11-22(33-23)21-10-7-8-15-31-21/h7-15,18-19,30,38H,5-6,16-17H2,1-4H3/b34-27-. The summed E-state index contributed by atoms with van der Waals surface area (Å²) in [5, 5.41) is 15.3. The Labute approximate surface area is 233 Å². The van der Waals surface area contributed by atoms with E-state index in [1.807, 2.05) is 54.6 Å². The number of imidazole rings is 1. The van der Waals surface area contributed by atoms with Gasteiger partial charge in [0.1, 0.15) is 28.6 Å². The molecular weight excluding hydrogens is 506 g/mol.